The maximum atomic E-state index is 11.0. The van der Waals surface area contributed by atoms with Gasteiger partial charge in [0.15, 0.2) is 6.29 Å². The second kappa shape index (κ2) is 4.09. The van der Waals surface area contributed by atoms with Gasteiger partial charge >= 0.3 is 0 Å². The Balaban J connectivity index is 2.47. The Morgan fingerprint density at radius 2 is 2.19 bits per heavy atom. The predicted molar refractivity (Wildman–Crippen MR) is 67.0 cm³/mol. The van der Waals surface area contributed by atoms with E-state index in [0.29, 0.717) is 5.92 Å². The van der Waals surface area contributed by atoms with Gasteiger partial charge in [0.2, 0.25) is 0 Å². The molecule has 0 heterocycles. The molecule has 1 unspecified atom stereocenters. The van der Waals surface area contributed by atoms with Crippen molar-refractivity contribution in [2.45, 2.75) is 20.3 Å². The van der Waals surface area contributed by atoms with Crippen LogP contribution in [-0.4, -0.2) is 6.29 Å². The third kappa shape index (κ3) is 1.73. The molecular formula is C15H16O. The average Bonchev–Trinajstić information content (AvgIpc) is 2.58. The maximum Gasteiger partial charge on any atom is 0.150 e. The number of carbonyl (C=O) groups is 1. The highest BCUT2D eigenvalue weighted by molar-refractivity contribution is 5.87. The molecule has 0 aromatic heterocycles. The summed E-state index contributed by atoms with van der Waals surface area (Å²) in [6.07, 6.45) is 10.2. The van der Waals surface area contributed by atoms with E-state index in [1.807, 2.05) is 19.1 Å². The number of fused-ring (bicyclic) bond motifs is 1. The maximum absolute atomic E-state index is 11.0. The van der Waals surface area contributed by atoms with Gasteiger partial charge in [-0.1, -0.05) is 36.5 Å². The van der Waals surface area contributed by atoms with Gasteiger partial charge in [0.1, 0.15) is 0 Å². The van der Waals surface area contributed by atoms with Crippen LogP contribution in [0.1, 0.15) is 20.3 Å². The monoisotopic (exact) mass is 212 g/mol. The summed E-state index contributed by atoms with van der Waals surface area (Å²) in [5.74, 6) is 0.345. The first-order chi connectivity index (χ1) is 7.63. The van der Waals surface area contributed by atoms with Crippen LogP contribution in [0.2, 0.25) is 0 Å². The van der Waals surface area contributed by atoms with E-state index in [-0.39, 0.29) is 0 Å². The predicted octanol–water partition coefficient (Wildman–Crippen LogP) is 3.52. The zero-order valence-electron chi connectivity index (χ0n) is 9.79. The fourth-order valence-electron chi connectivity index (χ4n) is 2.17. The van der Waals surface area contributed by atoms with E-state index in [9.17, 15) is 4.79 Å². The quantitative estimate of drug-likeness (QED) is 0.505. The second-order valence-electron chi connectivity index (χ2n) is 4.48. The van der Waals surface area contributed by atoms with Gasteiger partial charge in [-0.3, -0.25) is 4.79 Å². The van der Waals surface area contributed by atoms with E-state index in [4.69, 9.17) is 0 Å². The normalized spacial score (nSPS) is 23.5. The van der Waals surface area contributed by atoms with Gasteiger partial charge in [-0.05, 0) is 37.0 Å². The van der Waals surface area contributed by atoms with E-state index in [2.05, 4.69) is 25.7 Å². The summed E-state index contributed by atoms with van der Waals surface area (Å²) >= 11 is 0. The molecule has 0 spiro atoms. The van der Waals surface area contributed by atoms with Gasteiger partial charge in [-0.25, -0.2) is 0 Å². The molecule has 0 fully saturated rings. The van der Waals surface area contributed by atoms with Crippen molar-refractivity contribution >= 4 is 6.29 Å². The molecule has 0 aromatic carbocycles. The molecule has 0 bridgehead atoms. The first-order valence-corrected chi connectivity index (χ1v) is 5.55. The summed E-state index contributed by atoms with van der Waals surface area (Å²) in [5.41, 5.74) is 5.45. The smallest absolute Gasteiger partial charge is 0.150 e. The van der Waals surface area contributed by atoms with Crippen molar-refractivity contribution in [3.63, 3.8) is 0 Å². The SMILES string of the molecule is C=C(C)C1C=C2C(C=O)=CC=C2C(C)=CC1. The van der Waals surface area contributed by atoms with Gasteiger partial charge in [0.25, 0.3) is 0 Å². The highest BCUT2D eigenvalue weighted by atomic mass is 16.1. The van der Waals surface area contributed by atoms with Crippen LogP contribution < -0.4 is 0 Å². The molecule has 2 aliphatic carbocycles. The number of allylic oxidation sites excluding steroid dienone is 9. The highest BCUT2D eigenvalue weighted by Gasteiger charge is 2.21. The zero-order valence-corrected chi connectivity index (χ0v) is 9.79. The first-order valence-electron chi connectivity index (χ1n) is 5.55. The first kappa shape index (κ1) is 10.9. The lowest BCUT2D eigenvalue weighted by molar-refractivity contribution is -0.104. The second-order valence-corrected chi connectivity index (χ2v) is 4.48. The van der Waals surface area contributed by atoms with Crippen molar-refractivity contribution in [3.8, 4) is 0 Å². The largest absolute Gasteiger partial charge is 0.298 e. The van der Waals surface area contributed by atoms with Crippen molar-refractivity contribution < 1.29 is 4.79 Å². The lowest BCUT2D eigenvalue weighted by atomic mass is 9.94. The number of aldehydes is 1. The molecule has 0 saturated heterocycles. The van der Waals surface area contributed by atoms with Crippen molar-refractivity contribution in [1.82, 2.24) is 0 Å². The Bertz CT molecular complexity index is 470. The van der Waals surface area contributed by atoms with Crippen molar-refractivity contribution in [2.24, 2.45) is 5.92 Å². The number of hydrogen-bond donors (Lipinski definition) is 0. The molecule has 2 rings (SSSR count). The minimum Gasteiger partial charge on any atom is -0.298 e. The van der Waals surface area contributed by atoms with E-state index < -0.39 is 0 Å². The van der Waals surface area contributed by atoms with Crippen LogP contribution in [0.15, 0.2) is 58.7 Å². The highest BCUT2D eigenvalue weighted by Crippen LogP contribution is 2.36. The standard InChI is InChI=1S/C15H16O/c1-10(2)12-5-4-11(3)14-7-6-13(9-16)15(14)8-12/h4,6-9,12H,1,5H2,2-3H3. The minimum atomic E-state index is 0.345. The fourth-order valence-corrected chi connectivity index (χ4v) is 2.17. The molecule has 0 radical (unpaired) electrons. The van der Waals surface area contributed by atoms with Gasteiger partial charge in [-0.2, -0.15) is 0 Å². The molecule has 1 heteroatoms. The van der Waals surface area contributed by atoms with E-state index in [1.165, 1.54) is 11.1 Å². The van der Waals surface area contributed by atoms with Crippen LogP contribution >= 0.6 is 0 Å². The van der Waals surface area contributed by atoms with Crippen LogP contribution in [0, 0.1) is 5.92 Å². The molecule has 0 amide bonds. The zero-order chi connectivity index (χ0) is 11.7. The van der Waals surface area contributed by atoms with Crippen molar-refractivity contribution in [1.29, 1.82) is 0 Å². The number of hydrogen-bond acceptors (Lipinski definition) is 1. The summed E-state index contributed by atoms with van der Waals surface area (Å²) in [5, 5.41) is 0. The molecule has 0 N–H and O–H groups in total. The Hall–Kier alpha value is -1.63. The summed E-state index contributed by atoms with van der Waals surface area (Å²) in [6.45, 7) is 8.15. The molecule has 1 atom stereocenters. The van der Waals surface area contributed by atoms with Crippen LogP contribution in [0.3, 0.4) is 0 Å². The number of carbonyl (C=O) groups excluding carboxylic acids is 1. The Morgan fingerprint density at radius 1 is 1.44 bits per heavy atom. The Labute approximate surface area is 96.6 Å². The summed E-state index contributed by atoms with van der Waals surface area (Å²) in [4.78, 5) is 11.0. The molecule has 82 valence electrons. The van der Waals surface area contributed by atoms with Gasteiger partial charge in [0, 0.05) is 11.5 Å². The average molecular weight is 212 g/mol. The molecular weight excluding hydrogens is 196 g/mol. The molecule has 2 aliphatic rings. The lowest BCUT2D eigenvalue weighted by Crippen LogP contribution is -1.97. The van der Waals surface area contributed by atoms with Crippen LogP contribution in [0.4, 0.5) is 0 Å². The van der Waals surface area contributed by atoms with Crippen LogP contribution in [-0.2, 0) is 4.79 Å². The van der Waals surface area contributed by atoms with E-state index in [0.717, 1.165) is 29.4 Å². The Kier molecular flexibility index (Phi) is 2.78. The molecule has 0 saturated carbocycles. The third-order valence-electron chi connectivity index (χ3n) is 3.26. The molecule has 16 heavy (non-hydrogen) atoms. The fraction of sp³-hybridized carbons (Fsp3) is 0.267. The van der Waals surface area contributed by atoms with Crippen molar-refractivity contribution in [2.75, 3.05) is 0 Å². The van der Waals surface area contributed by atoms with Gasteiger partial charge in [0.05, 0.1) is 0 Å². The van der Waals surface area contributed by atoms with Crippen LogP contribution in [0.5, 0.6) is 0 Å². The van der Waals surface area contributed by atoms with E-state index >= 15 is 0 Å². The van der Waals surface area contributed by atoms with Crippen LogP contribution in [0.25, 0.3) is 0 Å². The molecule has 1 nitrogen and oxygen atoms in total. The van der Waals surface area contributed by atoms with Gasteiger partial charge < -0.3 is 0 Å². The van der Waals surface area contributed by atoms with Gasteiger partial charge in [-0.15, -0.1) is 0 Å². The van der Waals surface area contributed by atoms with E-state index in [1.54, 1.807) is 0 Å². The topological polar surface area (TPSA) is 17.1 Å². The molecule has 0 aliphatic heterocycles. The summed E-state index contributed by atoms with van der Waals surface area (Å²) in [7, 11) is 0. The molecule has 0 aromatic rings. The third-order valence-corrected chi connectivity index (χ3v) is 3.26. The van der Waals surface area contributed by atoms with Crippen molar-refractivity contribution in [3.05, 3.63) is 58.7 Å². The number of rotatable bonds is 2. The Morgan fingerprint density at radius 3 is 2.81 bits per heavy atom. The minimum absolute atomic E-state index is 0.345. The summed E-state index contributed by atoms with van der Waals surface area (Å²) < 4.78 is 0. The summed E-state index contributed by atoms with van der Waals surface area (Å²) in [6, 6.07) is 0. The lowest BCUT2D eigenvalue weighted by Gasteiger charge is -2.10.